The lowest BCUT2D eigenvalue weighted by Gasteiger charge is -2.19. The van der Waals surface area contributed by atoms with Crippen molar-refractivity contribution in [2.75, 3.05) is 12.4 Å². The maximum Gasteiger partial charge on any atom is 0.136 e. The van der Waals surface area contributed by atoms with E-state index in [4.69, 9.17) is 4.74 Å². The minimum atomic E-state index is -0.287. The third kappa shape index (κ3) is 3.98. The standard InChI is InChI=1S/C12H16BrFOS/c1-8(2)9(7-16)6-15-12-5-10(14)3-4-11(12)13/h3-5,8-9,16H,6-7H2,1-2H3. The summed E-state index contributed by atoms with van der Waals surface area (Å²) in [6.07, 6.45) is 0. The Bertz CT molecular complexity index is 344. The smallest absolute Gasteiger partial charge is 0.136 e. The maximum absolute atomic E-state index is 13.0. The number of ether oxygens (including phenoxy) is 1. The van der Waals surface area contributed by atoms with Crippen LogP contribution in [0.15, 0.2) is 22.7 Å². The number of hydrogen-bond donors (Lipinski definition) is 1. The molecule has 0 fully saturated rings. The van der Waals surface area contributed by atoms with Gasteiger partial charge in [-0.2, -0.15) is 12.6 Å². The summed E-state index contributed by atoms with van der Waals surface area (Å²) >= 11 is 7.61. The third-order valence-electron chi connectivity index (χ3n) is 2.52. The number of hydrogen-bond acceptors (Lipinski definition) is 2. The lowest BCUT2D eigenvalue weighted by molar-refractivity contribution is 0.225. The first-order valence-corrected chi connectivity index (χ1v) is 6.66. The summed E-state index contributed by atoms with van der Waals surface area (Å²) in [4.78, 5) is 0. The van der Waals surface area contributed by atoms with Gasteiger partial charge in [-0.1, -0.05) is 13.8 Å². The molecule has 1 aromatic rings. The predicted molar refractivity (Wildman–Crippen MR) is 71.8 cm³/mol. The molecule has 90 valence electrons. The molecule has 0 saturated carbocycles. The molecule has 1 aromatic carbocycles. The Kier molecular flexibility index (Phi) is 5.62. The van der Waals surface area contributed by atoms with E-state index in [1.165, 1.54) is 12.1 Å². The fourth-order valence-electron chi connectivity index (χ4n) is 1.24. The Morgan fingerprint density at radius 1 is 1.44 bits per heavy atom. The average Bonchev–Trinajstić information content (AvgIpc) is 2.23. The summed E-state index contributed by atoms with van der Waals surface area (Å²) in [7, 11) is 0. The predicted octanol–water partition coefficient (Wildman–Crippen LogP) is 4.17. The highest BCUT2D eigenvalue weighted by atomic mass is 79.9. The molecule has 0 aliphatic carbocycles. The highest BCUT2D eigenvalue weighted by Gasteiger charge is 2.13. The lowest BCUT2D eigenvalue weighted by atomic mass is 9.99. The van der Waals surface area contributed by atoms with Crippen LogP contribution in [0.5, 0.6) is 5.75 Å². The van der Waals surface area contributed by atoms with Crippen molar-refractivity contribution in [3.05, 3.63) is 28.5 Å². The minimum absolute atomic E-state index is 0.287. The van der Waals surface area contributed by atoms with Gasteiger partial charge in [0.25, 0.3) is 0 Å². The largest absolute Gasteiger partial charge is 0.492 e. The molecule has 0 radical (unpaired) electrons. The van der Waals surface area contributed by atoms with Gasteiger partial charge >= 0.3 is 0 Å². The molecule has 0 saturated heterocycles. The van der Waals surface area contributed by atoms with E-state index in [2.05, 4.69) is 42.4 Å². The molecular weight excluding hydrogens is 291 g/mol. The van der Waals surface area contributed by atoms with E-state index in [0.717, 1.165) is 10.2 Å². The van der Waals surface area contributed by atoms with E-state index in [1.807, 2.05) is 0 Å². The minimum Gasteiger partial charge on any atom is -0.492 e. The lowest BCUT2D eigenvalue weighted by Crippen LogP contribution is -2.19. The van der Waals surface area contributed by atoms with Crippen LogP contribution >= 0.6 is 28.6 Å². The van der Waals surface area contributed by atoms with Crippen molar-refractivity contribution in [3.63, 3.8) is 0 Å². The molecule has 0 heterocycles. The molecule has 16 heavy (non-hydrogen) atoms. The fraction of sp³-hybridized carbons (Fsp3) is 0.500. The first-order chi connectivity index (χ1) is 7.54. The maximum atomic E-state index is 13.0. The van der Waals surface area contributed by atoms with Crippen LogP contribution in [-0.2, 0) is 0 Å². The number of thiol groups is 1. The molecule has 0 spiro atoms. The van der Waals surface area contributed by atoms with Gasteiger partial charge < -0.3 is 4.74 Å². The molecule has 0 N–H and O–H groups in total. The van der Waals surface area contributed by atoms with Crippen molar-refractivity contribution in [1.82, 2.24) is 0 Å². The van der Waals surface area contributed by atoms with E-state index in [-0.39, 0.29) is 5.82 Å². The zero-order chi connectivity index (χ0) is 12.1. The Morgan fingerprint density at radius 3 is 2.69 bits per heavy atom. The van der Waals surface area contributed by atoms with Gasteiger partial charge in [-0.25, -0.2) is 4.39 Å². The van der Waals surface area contributed by atoms with Gasteiger partial charge in [-0.05, 0) is 39.7 Å². The number of rotatable bonds is 5. The molecule has 1 unspecified atom stereocenters. The van der Waals surface area contributed by atoms with Gasteiger partial charge in [0.1, 0.15) is 11.6 Å². The van der Waals surface area contributed by atoms with Gasteiger partial charge in [-0.15, -0.1) is 0 Å². The van der Waals surface area contributed by atoms with Crippen LogP contribution in [0.2, 0.25) is 0 Å². The molecule has 0 aliphatic rings. The first-order valence-electron chi connectivity index (χ1n) is 5.23. The van der Waals surface area contributed by atoms with Crippen molar-refractivity contribution < 1.29 is 9.13 Å². The van der Waals surface area contributed by atoms with Crippen molar-refractivity contribution in [2.45, 2.75) is 13.8 Å². The number of halogens is 2. The van der Waals surface area contributed by atoms with Crippen LogP contribution in [-0.4, -0.2) is 12.4 Å². The van der Waals surface area contributed by atoms with E-state index in [9.17, 15) is 4.39 Å². The second-order valence-corrected chi connectivity index (χ2v) is 5.29. The Morgan fingerprint density at radius 2 is 2.12 bits per heavy atom. The van der Waals surface area contributed by atoms with Crippen molar-refractivity contribution in [2.24, 2.45) is 11.8 Å². The number of benzene rings is 1. The van der Waals surface area contributed by atoms with Gasteiger partial charge in [0, 0.05) is 12.0 Å². The summed E-state index contributed by atoms with van der Waals surface area (Å²) in [5, 5.41) is 0. The van der Waals surface area contributed by atoms with Gasteiger partial charge in [0.15, 0.2) is 0 Å². The molecular formula is C12H16BrFOS. The van der Waals surface area contributed by atoms with Crippen molar-refractivity contribution in [3.8, 4) is 5.75 Å². The van der Waals surface area contributed by atoms with Crippen LogP contribution in [0.3, 0.4) is 0 Å². The topological polar surface area (TPSA) is 9.23 Å². The van der Waals surface area contributed by atoms with E-state index in [1.54, 1.807) is 6.07 Å². The van der Waals surface area contributed by atoms with Gasteiger partial charge in [-0.3, -0.25) is 0 Å². The summed E-state index contributed by atoms with van der Waals surface area (Å²) in [6, 6.07) is 4.44. The third-order valence-corrected chi connectivity index (χ3v) is 3.65. The van der Waals surface area contributed by atoms with Crippen molar-refractivity contribution in [1.29, 1.82) is 0 Å². The normalized spacial score (nSPS) is 12.9. The molecule has 1 atom stereocenters. The summed E-state index contributed by atoms with van der Waals surface area (Å²) in [6.45, 7) is 4.82. The van der Waals surface area contributed by atoms with Crippen molar-refractivity contribution >= 4 is 28.6 Å². The van der Waals surface area contributed by atoms with Crippen LogP contribution in [0.4, 0.5) is 4.39 Å². The zero-order valence-corrected chi connectivity index (χ0v) is 11.9. The SMILES string of the molecule is CC(C)C(CS)COc1cc(F)ccc1Br. The van der Waals surface area contributed by atoms with E-state index in [0.29, 0.717) is 24.2 Å². The second-order valence-electron chi connectivity index (χ2n) is 4.07. The van der Waals surface area contributed by atoms with Crippen LogP contribution < -0.4 is 4.74 Å². The summed E-state index contributed by atoms with van der Waals surface area (Å²) in [5.41, 5.74) is 0. The first kappa shape index (κ1) is 13.8. The Labute approximate surface area is 110 Å². The quantitative estimate of drug-likeness (QED) is 0.803. The molecule has 0 aliphatic heterocycles. The average molecular weight is 307 g/mol. The molecule has 1 nitrogen and oxygen atoms in total. The molecule has 0 bridgehead atoms. The van der Waals surface area contributed by atoms with Crippen LogP contribution in [0.1, 0.15) is 13.8 Å². The Balaban J connectivity index is 2.63. The highest BCUT2D eigenvalue weighted by Crippen LogP contribution is 2.26. The zero-order valence-electron chi connectivity index (χ0n) is 9.41. The highest BCUT2D eigenvalue weighted by molar-refractivity contribution is 9.10. The second kappa shape index (κ2) is 6.50. The molecule has 4 heteroatoms. The van der Waals surface area contributed by atoms with Crippen LogP contribution in [0.25, 0.3) is 0 Å². The summed E-state index contributed by atoms with van der Waals surface area (Å²) in [5.74, 6) is 1.91. The monoisotopic (exact) mass is 306 g/mol. The molecule has 0 amide bonds. The van der Waals surface area contributed by atoms with Gasteiger partial charge in [0.05, 0.1) is 11.1 Å². The van der Waals surface area contributed by atoms with Crippen LogP contribution in [0, 0.1) is 17.7 Å². The molecule has 0 aromatic heterocycles. The fourth-order valence-corrected chi connectivity index (χ4v) is 2.13. The molecule has 1 rings (SSSR count). The van der Waals surface area contributed by atoms with E-state index >= 15 is 0 Å². The summed E-state index contributed by atoms with van der Waals surface area (Å²) < 4.78 is 19.4. The van der Waals surface area contributed by atoms with Gasteiger partial charge in [0.2, 0.25) is 0 Å². The van der Waals surface area contributed by atoms with E-state index < -0.39 is 0 Å². The Hall–Kier alpha value is -0.220.